The number of carbonyl (C=O) groups excluding carboxylic acids is 1. The number of anilines is 1. The summed E-state index contributed by atoms with van der Waals surface area (Å²) < 4.78 is 5.58. The lowest BCUT2D eigenvalue weighted by molar-refractivity contribution is 0.0213. The molecule has 0 radical (unpaired) electrons. The van der Waals surface area contributed by atoms with Crippen molar-refractivity contribution in [3.63, 3.8) is 0 Å². The average Bonchev–Trinajstić information content (AvgIpc) is 3.26. The molecule has 8 nitrogen and oxygen atoms in total. The Kier molecular flexibility index (Phi) is 7.84. The maximum atomic E-state index is 12.5. The molecule has 0 saturated carbocycles. The van der Waals surface area contributed by atoms with Crippen molar-refractivity contribution in [2.24, 2.45) is 5.41 Å². The van der Waals surface area contributed by atoms with Crippen LogP contribution in [0.4, 0.5) is 10.5 Å². The molecule has 4 N–H and O–H groups in total. The number of nitrogens with one attached hydrogen (secondary N) is 4. The number of hydrazine groups is 1. The van der Waals surface area contributed by atoms with E-state index in [9.17, 15) is 4.79 Å². The van der Waals surface area contributed by atoms with Crippen LogP contribution in [0.3, 0.4) is 0 Å². The summed E-state index contributed by atoms with van der Waals surface area (Å²) in [5, 5.41) is 11.7. The maximum Gasteiger partial charge on any atom is 0.319 e. The molecule has 0 spiro atoms. The molecule has 1 aromatic carbocycles. The van der Waals surface area contributed by atoms with Crippen LogP contribution < -0.4 is 21.4 Å². The Labute approximate surface area is 209 Å². The Balaban J connectivity index is 1.56. The van der Waals surface area contributed by atoms with Crippen LogP contribution in [0.5, 0.6) is 0 Å². The summed E-state index contributed by atoms with van der Waals surface area (Å²) in [6.45, 7) is 13.3. The number of carbonyl (C=O) groups is 1. The van der Waals surface area contributed by atoms with Gasteiger partial charge in [-0.1, -0.05) is 26.8 Å². The predicted molar refractivity (Wildman–Crippen MR) is 141 cm³/mol. The van der Waals surface area contributed by atoms with Crippen LogP contribution in [-0.2, 0) is 4.74 Å². The molecule has 1 unspecified atom stereocenters. The summed E-state index contributed by atoms with van der Waals surface area (Å²) in [6.07, 6.45) is 7.65. The number of amides is 2. The first kappa shape index (κ1) is 25.3. The second kappa shape index (κ2) is 10.8. The molecule has 1 atom stereocenters. The highest BCUT2D eigenvalue weighted by Crippen LogP contribution is 2.30. The molecule has 0 aliphatic carbocycles. The van der Waals surface area contributed by atoms with E-state index in [1.165, 1.54) is 11.1 Å². The van der Waals surface area contributed by atoms with Gasteiger partial charge in [0.15, 0.2) is 0 Å². The van der Waals surface area contributed by atoms with Crippen molar-refractivity contribution in [2.45, 2.75) is 40.3 Å². The number of nitrogens with zero attached hydrogens (tertiary/aromatic N) is 2. The smallest absolute Gasteiger partial charge is 0.319 e. The van der Waals surface area contributed by atoms with Gasteiger partial charge in [-0.3, -0.25) is 4.90 Å². The fraction of sp³-hybridized carbons (Fsp3) is 0.519. The minimum Gasteiger partial charge on any atom is -0.379 e. The number of allylic oxidation sites excluding steroid dienone is 2. The number of urea groups is 1. The quantitative estimate of drug-likeness (QED) is 0.500. The number of hydrogen-bond donors (Lipinski definition) is 4. The lowest BCUT2D eigenvalue weighted by Gasteiger charge is -2.37. The van der Waals surface area contributed by atoms with Gasteiger partial charge in [-0.05, 0) is 59.7 Å². The summed E-state index contributed by atoms with van der Waals surface area (Å²) in [5.74, 6) is 0. The normalized spacial score (nSPS) is 21.1. The number of benzene rings is 1. The van der Waals surface area contributed by atoms with Crippen LogP contribution in [0.15, 0.2) is 47.8 Å². The molecular weight excluding hydrogens is 440 g/mol. The number of dihydropyridines is 1. The van der Waals surface area contributed by atoms with Crippen molar-refractivity contribution in [1.29, 1.82) is 0 Å². The van der Waals surface area contributed by atoms with Gasteiger partial charge >= 0.3 is 6.03 Å². The first-order valence-corrected chi connectivity index (χ1v) is 12.5. The lowest BCUT2D eigenvalue weighted by Crippen LogP contribution is -2.50. The standard InChI is InChI=1S/C27H40N6O2/c1-19-6-7-22(30-26(34)28-9-8-27(2,3)4)16-23(19)20-14-24(21-17-29-32(5)18-21)31-25(15-20)33-10-12-35-13-11-33/h6-7,14-16,18,25,29,31H,8-13,17H2,1-5H3,(H2,28,30,34). The van der Waals surface area contributed by atoms with Crippen molar-refractivity contribution in [3.05, 3.63) is 58.9 Å². The van der Waals surface area contributed by atoms with Gasteiger partial charge in [0.25, 0.3) is 0 Å². The van der Waals surface area contributed by atoms with Crippen molar-refractivity contribution in [1.82, 2.24) is 26.0 Å². The molecule has 3 heterocycles. The zero-order valence-corrected chi connectivity index (χ0v) is 21.7. The van der Waals surface area contributed by atoms with Crippen LogP contribution in [-0.4, -0.2) is 68.5 Å². The second-order valence-corrected chi connectivity index (χ2v) is 10.7. The fourth-order valence-corrected chi connectivity index (χ4v) is 4.46. The molecule has 3 aliphatic rings. The SMILES string of the molecule is Cc1ccc(NC(=O)NCCC(C)(C)C)cc1C1=CC(N2CCOCC2)NC(C2=CN(C)NC2)=C1. The number of ether oxygens (including phenoxy) is 1. The van der Waals surface area contributed by atoms with E-state index in [1.54, 1.807) is 0 Å². The highest BCUT2D eigenvalue weighted by Gasteiger charge is 2.26. The summed E-state index contributed by atoms with van der Waals surface area (Å²) >= 11 is 0. The van der Waals surface area contributed by atoms with Gasteiger partial charge in [-0.15, -0.1) is 0 Å². The van der Waals surface area contributed by atoms with E-state index in [1.807, 2.05) is 18.1 Å². The van der Waals surface area contributed by atoms with Gasteiger partial charge in [0.05, 0.1) is 19.4 Å². The Hall–Kier alpha value is -2.81. The number of hydrogen-bond acceptors (Lipinski definition) is 6. The summed E-state index contributed by atoms with van der Waals surface area (Å²) in [7, 11) is 2.01. The minimum absolute atomic E-state index is 0.0809. The van der Waals surface area contributed by atoms with E-state index in [4.69, 9.17) is 4.74 Å². The lowest BCUT2D eigenvalue weighted by atomic mass is 9.92. The molecule has 2 amide bonds. The van der Waals surface area contributed by atoms with Crippen LogP contribution in [0.2, 0.25) is 0 Å². The third kappa shape index (κ3) is 6.87. The van der Waals surface area contributed by atoms with Gasteiger partial charge in [-0.25, -0.2) is 10.2 Å². The Bertz CT molecular complexity index is 1020. The van der Waals surface area contributed by atoms with E-state index in [-0.39, 0.29) is 17.6 Å². The molecule has 1 aromatic rings. The molecule has 1 saturated heterocycles. The first-order chi connectivity index (χ1) is 16.7. The van der Waals surface area contributed by atoms with Gasteiger partial charge < -0.3 is 25.7 Å². The predicted octanol–water partition coefficient (Wildman–Crippen LogP) is 3.42. The van der Waals surface area contributed by atoms with E-state index in [2.05, 4.69) is 84.5 Å². The number of aryl methyl sites for hydroxylation is 1. The number of morpholine rings is 1. The van der Waals surface area contributed by atoms with Crippen molar-refractivity contribution in [2.75, 3.05) is 51.8 Å². The van der Waals surface area contributed by atoms with Gasteiger partial charge in [0.1, 0.15) is 0 Å². The highest BCUT2D eigenvalue weighted by atomic mass is 16.5. The summed E-state index contributed by atoms with van der Waals surface area (Å²) in [5.41, 5.74) is 10.1. The van der Waals surface area contributed by atoms with Gasteiger partial charge in [0, 0.05) is 56.4 Å². The second-order valence-electron chi connectivity index (χ2n) is 10.7. The molecule has 0 aromatic heterocycles. The van der Waals surface area contributed by atoms with E-state index >= 15 is 0 Å². The maximum absolute atomic E-state index is 12.5. The third-order valence-electron chi connectivity index (χ3n) is 6.56. The third-order valence-corrected chi connectivity index (χ3v) is 6.56. The highest BCUT2D eigenvalue weighted by molar-refractivity contribution is 5.90. The Morgan fingerprint density at radius 1 is 1.23 bits per heavy atom. The van der Waals surface area contributed by atoms with Crippen molar-refractivity contribution < 1.29 is 9.53 Å². The molecule has 0 bridgehead atoms. The molecule has 4 rings (SSSR count). The van der Waals surface area contributed by atoms with Crippen LogP contribution in [0.25, 0.3) is 5.57 Å². The van der Waals surface area contributed by atoms with E-state index < -0.39 is 0 Å². The first-order valence-electron chi connectivity index (χ1n) is 12.5. The molecule has 35 heavy (non-hydrogen) atoms. The summed E-state index contributed by atoms with van der Waals surface area (Å²) in [4.78, 5) is 14.9. The molecule has 8 heteroatoms. The minimum atomic E-state index is -0.170. The molecule has 3 aliphatic heterocycles. The molecule has 1 fully saturated rings. The molecule has 190 valence electrons. The topological polar surface area (TPSA) is 80.9 Å². The number of rotatable bonds is 6. The monoisotopic (exact) mass is 480 g/mol. The van der Waals surface area contributed by atoms with E-state index in [0.29, 0.717) is 6.54 Å². The van der Waals surface area contributed by atoms with Crippen LogP contribution >= 0.6 is 0 Å². The Morgan fingerprint density at radius 2 is 2.00 bits per heavy atom. The Morgan fingerprint density at radius 3 is 2.69 bits per heavy atom. The molecular formula is C27H40N6O2. The van der Waals surface area contributed by atoms with Crippen LogP contribution in [0.1, 0.15) is 38.3 Å². The van der Waals surface area contributed by atoms with Gasteiger partial charge in [-0.2, -0.15) is 0 Å². The fourth-order valence-electron chi connectivity index (χ4n) is 4.46. The van der Waals surface area contributed by atoms with Gasteiger partial charge in [0.2, 0.25) is 0 Å². The average molecular weight is 481 g/mol. The zero-order chi connectivity index (χ0) is 25.0. The zero-order valence-electron chi connectivity index (χ0n) is 21.7. The summed E-state index contributed by atoms with van der Waals surface area (Å²) in [6, 6.07) is 5.95. The van der Waals surface area contributed by atoms with Crippen molar-refractivity contribution in [3.8, 4) is 0 Å². The van der Waals surface area contributed by atoms with E-state index in [0.717, 1.165) is 61.8 Å². The van der Waals surface area contributed by atoms with Crippen molar-refractivity contribution >= 4 is 17.3 Å². The van der Waals surface area contributed by atoms with Crippen LogP contribution in [0, 0.1) is 12.3 Å². The largest absolute Gasteiger partial charge is 0.379 e.